The molecule has 38 heavy (non-hydrogen) atoms. The number of benzene rings is 3. The standard InChI is InChI=1S/C30H37N3O4S/c1-5-25(30(35)31-19-21(2)3)32(20-24-12-7-6-11-22(24)4)28(34)17-10-18-33-26-15-8-13-23-14-9-16-27(29(23)26)38(33,36)37/h6-9,11-16,21,25H,5,10,17-20H2,1-4H3,(H,31,35)/t25-/m0/s1. The molecule has 0 saturated heterocycles. The number of hydrogen-bond donors (Lipinski definition) is 1. The van der Waals surface area contributed by atoms with Gasteiger partial charge < -0.3 is 10.2 Å². The summed E-state index contributed by atoms with van der Waals surface area (Å²) >= 11 is 0. The first-order valence-corrected chi connectivity index (χ1v) is 14.7. The summed E-state index contributed by atoms with van der Waals surface area (Å²) < 4.78 is 28.0. The van der Waals surface area contributed by atoms with Gasteiger partial charge in [0, 0.05) is 31.4 Å². The number of nitrogens with zero attached hydrogens (tertiary/aromatic N) is 2. The first-order chi connectivity index (χ1) is 18.1. The molecule has 1 atom stereocenters. The second-order valence-corrected chi connectivity index (χ2v) is 12.2. The summed E-state index contributed by atoms with van der Waals surface area (Å²) in [6, 6.07) is 18.1. The van der Waals surface area contributed by atoms with Crippen LogP contribution in [0.5, 0.6) is 0 Å². The molecule has 1 heterocycles. The highest BCUT2D eigenvalue weighted by molar-refractivity contribution is 7.93. The number of anilines is 1. The van der Waals surface area contributed by atoms with Gasteiger partial charge in [0.2, 0.25) is 11.8 Å². The highest BCUT2D eigenvalue weighted by Gasteiger charge is 2.35. The van der Waals surface area contributed by atoms with Gasteiger partial charge in [-0.1, -0.05) is 69.3 Å². The molecule has 1 aliphatic heterocycles. The van der Waals surface area contributed by atoms with Crippen LogP contribution in [0.4, 0.5) is 5.69 Å². The van der Waals surface area contributed by atoms with Crippen molar-refractivity contribution >= 4 is 38.3 Å². The van der Waals surface area contributed by atoms with Gasteiger partial charge in [-0.25, -0.2) is 8.42 Å². The molecule has 0 aromatic heterocycles. The average molecular weight is 536 g/mol. The second kappa shape index (κ2) is 11.6. The zero-order chi connectivity index (χ0) is 27.4. The van der Waals surface area contributed by atoms with Crippen molar-refractivity contribution < 1.29 is 18.0 Å². The quantitative estimate of drug-likeness (QED) is 0.374. The van der Waals surface area contributed by atoms with E-state index in [0.29, 0.717) is 42.4 Å². The monoisotopic (exact) mass is 535 g/mol. The lowest BCUT2D eigenvalue weighted by atomic mass is 10.0. The molecule has 0 unspecified atom stereocenters. The maximum atomic E-state index is 13.6. The number of aryl methyl sites for hydroxylation is 1. The van der Waals surface area contributed by atoms with E-state index in [1.54, 1.807) is 17.0 Å². The third-order valence-corrected chi connectivity index (χ3v) is 8.96. The molecule has 4 rings (SSSR count). The van der Waals surface area contributed by atoms with Crippen molar-refractivity contribution in [3.8, 4) is 0 Å². The van der Waals surface area contributed by atoms with Crippen molar-refractivity contribution in [2.45, 2.75) is 64.4 Å². The molecular weight excluding hydrogens is 498 g/mol. The van der Waals surface area contributed by atoms with E-state index in [4.69, 9.17) is 0 Å². The molecule has 2 amide bonds. The number of nitrogens with one attached hydrogen (secondary N) is 1. The molecular formula is C30H37N3O4S. The van der Waals surface area contributed by atoms with Crippen molar-refractivity contribution in [3.05, 3.63) is 71.8 Å². The molecule has 3 aromatic carbocycles. The summed E-state index contributed by atoms with van der Waals surface area (Å²) in [5, 5.41) is 4.59. The molecule has 7 nitrogen and oxygen atoms in total. The molecule has 0 radical (unpaired) electrons. The fourth-order valence-corrected chi connectivity index (χ4v) is 6.78. The van der Waals surface area contributed by atoms with Crippen molar-refractivity contribution in [1.29, 1.82) is 0 Å². The predicted octanol–water partition coefficient (Wildman–Crippen LogP) is 5.02. The first kappa shape index (κ1) is 27.6. The number of hydrogen-bond acceptors (Lipinski definition) is 4. The van der Waals surface area contributed by atoms with Gasteiger partial charge in [0.25, 0.3) is 10.0 Å². The Morgan fingerprint density at radius 1 is 1.00 bits per heavy atom. The summed E-state index contributed by atoms with van der Waals surface area (Å²) in [6.07, 6.45) is 0.967. The van der Waals surface area contributed by atoms with Crippen LogP contribution in [0.15, 0.2) is 65.6 Å². The Kier molecular flexibility index (Phi) is 8.41. The van der Waals surface area contributed by atoms with E-state index in [1.165, 1.54) is 4.31 Å². The van der Waals surface area contributed by atoms with Crippen LogP contribution in [-0.4, -0.2) is 44.3 Å². The van der Waals surface area contributed by atoms with Crippen LogP contribution in [0.1, 0.15) is 51.2 Å². The number of carbonyl (C=O) groups excluding carboxylic acids is 2. The maximum Gasteiger partial charge on any atom is 0.265 e. The minimum Gasteiger partial charge on any atom is -0.354 e. The Hall–Kier alpha value is -3.39. The lowest BCUT2D eigenvalue weighted by Gasteiger charge is -2.31. The van der Waals surface area contributed by atoms with Gasteiger partial charge in [0.1, 0.15) is 6.04 Å². The number of rotatable bonds is 11. The third-order valence-electron chi connectivity index (χ3n) is 7.11. The Balaban J connectivity index is 1.52. The lowest BCUT2D eigenvalue weighted by Crippen LogP contribution is -2.49. The third kappa shape index (κ3) is 5.55. The molecule has 0 spiro atoms. The zero-order valence-corrected chi connectivity index (χ0v) is 23.4. The zero-order valence-electron chi connectivity index (χ0n) is 22.6. The highest BCUT2D eigenvalue weighted by atomic mass is 32.2. The van der Waals surface area contributed by atoms with Crippen molar-refractivity contribution in [2.24, 2.45) is 5.92 Å². The van der Waals surface area contributed by atoms with E-state index in [2.05, 4.69) is 5.32 Å². The van der Waals surface area contributed by atoms with Gasteiger partial charge in [0.05, 0.1) is 10.6 Å². The van der Waals surface area contributed by atoms with E-state index in [9.17, 15) is 18.0 Å². The molecule has 202 valence electrons. The molecule has 1 N–H and O–H groups in total. The number of sulfonamides is 1. The Bertz CT molecular complexity index is 1430. The topological polar surface area (TPSA) is 86.8 Å². The summed E-state index contributed by atoms with van der Waals surface area (Å²) in [5.41, 5.74) is 2.69. The fourth-order valence-electron chi connectivity index (χ4n) is 5.03. The van der Waals surface area contributed by atoms with Crippen molar-refractivity contribution in [3.63, 3.8) is 0 Å². The van der Waals surface area contributed by atoms with Crippen LogP contribution in [0.3, 0.4) is 0 Å². The smallest absolute Gasteiger partial charge is 0.265 e. The van der Waals surface area contributed by atoms with E-state index >= 15 is 0 Å². The van der Waals surface area contributed by atoms with Crippen LogP contribution in [0.2, 0.25) is 0 Å². The molecule has 8 heteroatoms. The van der Waals surface area contributed by atoms with Crippen molar-refractivity contribution in [1.82, 2.24) is 10.2 Å². The van der Waals surface area contributed by atoms with E-state index in [1.807, 2.05) is 76.2 Å². The minimum absolute atomic E-state index is 0.137. The molecule has 1 aliphatic rings. The van der Waals surface area contributed by atoms with E-state index in [0.717, 1.165) is 21.9 Å². The SMILES string of the molecule is CC[C@@H](C(=O)NCC(C)C)N(Cc1ccccc1C)C(=O)CCCN1c2cccc3cccc(c23)S1(=O)=O. The Morgan fingerprint density at radius 3 is 2.39 bits per heavy atom. The Morgan fingerprint density at radius 2 is 1.71 bits per heavy atom. The average Bonchev–Trinajstić information content (AvgIpc) is 3.11. The van der Waals surface area contributed by atoms with Gasteiger partial charge in [-0.15, -0.1) is 0 Å². The summed E-state index contributed by atoms with van der Waals surface area (Å²) in [7, 11) is -3.68. The van der Waals surface area contributed by atoms with Gasteiger partial charge in [-0.3, -0.25) is 13.9 Å². The van der Waals surface area contributed by atoms with Gasteiger partial charge in [-0.2, -0.15) is 0 Å². The lowest BCUT2D eigenvalue weighted by molar-refractivity contribution is -0.141. The minimum atomic E-state index is -3.68. The van der Waals surface area contributed by atoms with Gasteiger partial charge >= 0.3 is 0 Å². The van der Waals surface area contributed by atoms with Crippen LogP contribution in [-0.2, 0) is 26.2 Å². The molecule has 0 bridgehead atoms. The van der Waals surface area contributed by atoms with E-state index in [-0.39, 0.29) is 24.8 Å². The molecule has 0 fully saturated rings. The molecule has 0 aliphatic carbocycles. The normalized spacial score (nSPS) is 14.6. The van der Waals surface area contributed by atoms with Crippen LogP contribution < -0.4 is 9.62 Å². The van der Waals surface area contributed by atoms with Crippen molar-refractivity contribution in [2.75, 3.05) is 17.4 Å². The number of carbonyl (C=O) groups is 2. The van der Waals surface area contributed by atoms with Crippen LogP contribution in [0.25, 0.3) is 10.8 Å². The predicted molar refractivity (Wildman–Crippen MR) is 151 cm³/mol. The fraction of sp³-hybridized carbons (Fsp3) is 0.400. The molecule has 3 aromatic rings. The summed E-state index contributed by atoms with van der Waals surface area (Å²) in [4.78, 5) is 28.7. The van der Waals surface area contributed by atoms with E-state index < -0.39 is 16.1 Å². The van der Waals surface area contributed by atoms with Gasteiger partial charge in [-0.05, 0) is 54.3 Å². The van der Waals surface area contributed by atoms with Gasteiger partial charge in [0.15, 0.2) is 0 Å². The molecule has 0 saturated carbocycles. The first-order valence-electron chi connectivity index (χ1n) is 13.3. The second-order valence-electron chi connectivity index (χ2n) is 10.3. The maximum absolute atomic E-state index is 13.6. The Labute approximate surface area is 225 Å². The van der Waals surface area contributed by atoms with Crippen LogP contribution in [0, 0.1) is 12.8 Å². The van der Waals surface area contributed by atoms with Crippen LogP contribution >= 0.6 is 0 Å². The summed E-state index contributed by atoms with van der Waals surface area (Å²) in [6.45, 7) is 9.02. The highest BCUT2D eigenvalue weighted by Crippen LogP contribution is 2.42. The summed E-state index contributed by atoms with van der Waals surface area (Å²) in [5.74, 6) is -0.0209. The largest absolute Gasteiger partial charge is 0.354 e. The number of amides is 2.